The van der Waals surface area contributed by atoms with Gasteiger partial charge >= 0.3 is 0 Å². The number of hydrogen-bond acceptors (Lipinski definition) is 5. The molecular weight excluding hydrogens is 402 g/mol. The molecule has 0 saturated heterocycles. The molecular formula is C22H31N3O4S. The molecule has 1 fully saturated rings. The van der Waals surface area contributed by atoms with Gasteiger partial charge < -0.3 is 10.4 Å². The number of aryl methyl sites for hydroxylation is 2. The van der Waals surface area contributed by atoms with Crippen LogP contribution in [0.15, 0.2) is 35.4 Å². The van der Waals surface area contributed by atoms with Crippen LogP contribution in [0.3, 0.4) is 0 Å². The molecule has 2 N–H and O–H groups in total. The summed E-state index contributed by atoms with van der Waals surface area (Å²) in [7, 11) is -3.30. The molecule has 1 atom stereocenters. The lowest BCUT2D eigenvalue weighted by atomic mass is 9.86. The summed E-state index contributed by atoms with van der Waals surface area (Å²) >= 11 is 0. The van der Waals surface area contributed by atoms with Crippen LogP contribution in [0.5, 0.6) is 0 Å². The van der Waals surface area contributed by atoms with Crippen LogP contribution in [-0.4, -0.2) is 42.1 Å². The van der Waals surface area contributed by atoms with Crippen LogP contribution in [0.25, 0.3) is 0 Å². The fourth-order valence-corrected chi connectivity index (χ4v) is 5.24. The van der Waals surface area contributed by atoms with Crippen molar-refractivity contribution in [2.75, 3.05) is 18.2 Å². The number of anilines is 1. The maximum atomic E-state index is 13.2. The highest BCUT2D eigenvalue weighted by Crippen LogP contribution is 2.35. The number of aliphatic hydroxyl groups excluding tert-OH is 1. The monoisotopic (exact) mass is 433 g/mol. The number of hydrogen-bond donors (Lipinski definition) is 2. The quantitative estimate of drug-likeness (QED) is 0.632. The number of aliphatic hydroxyl groups is 1. The van der Waals surface area contributed by atoms with Crippen molar-refractivity contribution in [2.24, 2.45) is 5.92 Å². The number of carbonyl (C=O) groups is 1. The lowest BCUT2D eigenvalue weighted by Crippen LogP contribution is -2.23. The standard InChI is InChI=1S/C22H31N3O4S/c1-16-14-18(8-9-20(16)30(2,28)29)19(15-17-6-3-4-7-17)22(27)23-21-10-12-25(24-21)11-5-13-26/h8-10,12,14,17,19,26H,3-7,11,13,15H2,1-2H3,(H,23,24,27)/t19-/m1/s1. The second kappa shape index (κ2) is 9.75. The first-order valence-electron chi connectivity index (χ1n) is 10.5. The highest BCUT2D eigenvalue weighted by molar-refractivity contribution is 7.90. The molecule has 1 aliphatic carbocycles. The smallest absolute Gasteiger partial charge is 0.233 e. The molecule has 1 heterocycles. The first kappa shape index (κ1) is 22.5. The summed E-state index contributed by atoms with van der Waals surface area (Å²) in [6.45, 7) is 2.45. The van der Waals surface area contributed by atoms with E-state index in [-0.39, 0.29) is 18.4 Å². The maximum Gasteiger partial charge on any atom is 0.233 e. The van der Waals surface area contributed by atoms with Gasteiger partial charge in [0.1, 0.15) is 0 Å². The molecule has 3 rings (SSSR count). The number of rotatable bonds is 9. The topological polar surface area (TPSA) is 101 Å². The van der Waals surface area contributed by atoms with Crippen molar-refractivity contribution in [1.29, 1.82) is 0 Å². The molecule has 0 aliphatic heterocycles. The largest absolute Gasteiger partial charge is 0.396 e. The summed E-state index contributed by atoms with van der Waals surface area (Å²) in [5, 5.41) is 16.2. The molecule has 1 amide bonds. The van der Waals surface area contributed by atoms with Crippen molar-refractivity contribution in [2.45, 2.75) is 62.8 Å². The summed E-state index contributed by atoms with van der Waals surface area (Å²) < 4.78 is 25.6. The molecule has 1 aliphatic rings. The Kier molecular flexibility index (Phi) is 7.31. The highest BCUT2D eigenvalue weighted by atomic mass is 32.2. The molecule has 1 aromatic heterocycles. The van der Waals surface area contributed by atoms with Crippen LogP contribution < -0.4 is 5.32 Å². The van der Waals surface area contributed by atoms with Gasteiger partial charge in [-0.2, -0.15) is 5.10 Å². The predicted molar refractivity (Wildman–Crippen MR) is 116 cm³/mol. The van der Waals surface area contributed by atoms with Gasteiger partial charge in [0.2, 0.25) is 5.91 Å². The molecule has 2 aromatic rings. The fourth-order valence-electron chi connectivity index (χ4n) is 4.28. The first-order valence-corrected chi connectivity index (χ1v) is 12.4. The fraction of sp³-hybridized carbons (Fsp3) is 0.545. The number of nitrogens with one attached hydrogen (secondary N) is 1. The SMILES string of the molecule is Cc1cc([C@@H](CC2CCCC2)C(=O)Nc2ccn(CCCO)n2)ccc1S(C)(=O)=O. The van der Waals surface area contributed by atoms with Gasteiger partial charge in [-0.1, -0.05) is 37.8 Å². The third-order valence-corrected chi connectivity index (χ3v) is 7.06. The minimum atomic E-state index is -3.30. The number of carbonyl (C=O) groups excluding carboxylic acids is 1. The van der Waals surface area contributed by atoms with Crippen LogP contribution >= 0.6 is 0 Å². The van der Waals surface area contributed by atoms with Crippen LogP contribution in [0, 0.1) is 12.8 Å². The van der Waals surface area contributed by atoms with Crippen molar-refractivity contribution in [3.05, 3.63) is 41.6 Å². The summed E-state index contributed by atoms with van der Waals surface area (Å²) in [6, 6.07) is 6.95. The van der Waals surface area contributed by atoms with Gasteiger partial charge in [-0.05, 0) is 42.9 Å². The molecule has 0 unspecified atom stereocenters. The van der Waals surface area contributed by atoms with Crippen LogP contribution in [0.1, 0.15) is 55.6 Å². The first-order chi connectivity index (χ1) is 14.3. The highest BCUT2D eigenvalue weighted by Gasteiger charge is 2.28. The van der Waals surface area contributed by atoms with E-state index < -0.39 is 9.84 Å². The van der Waals surface area contributed by atoms with E-state index in [0.29, 0.717) is 35.2 Å². The van der Waals surface area contributed by atoms with Crippen LogP contribution in [0.2, 0.25) is 0 Å². The Morgan fingerprint density at radius 2 is 2.03 bits per heavy atom. The van der Waals surface area contributed by atoms with Crippen molar-refractivity contribution in [3.8, 4) is 0 Å². The second-order valence-corrected chi connectivity index (χ2v) is 10.3. The van der Waals surface area contributed by atoms with E-state index in [1.807, 2.05) is 6.07 Å². The predicted octanol–water partition coefficient (Wildman–Crippen LogP) is 3.28. The summed E-state index contributed by atoms with van der Waals surface area (Å²) in [4.78, 5) is 13.5. The Balaban J connectivity index is 1.82. The summed E-state index contributed by atoms with van der Waals surface area (Å²) in [5.41, 5.74) is 1.50. The van der Waals surface area contributed by atoms with Gasteiger partial charge in [-0.25, -0.2) is 8.42 Å². The Morgan fingerprint density at radius 3 is 2.67 bits per heavy atom. The minimum Gasteiger partial charge on any atom is -0.396 e. The van der Waals surface area contributed by atoms with E-state index >= 15 is 0 Å². The van der Waals surface area contributed by atoms with Crippen LogP contribution in [-0.2, 0) is 21.2 Å². The molecule has 0 bridgehead atoms. The molecule has 1 saturated carbocycles. The number of amides is 1. The Morgan fingerprint density at radius 1 is 1.30 bits per heavy atom. The Labute approximate surface area is 178 Å². The van der Waals surface area contributed by atoms with E-state index in [4.69, 9.17) is 5.11 Å². The van der Waals surface area contributed by atoms with Gasteiger partial charge in [0.25, 0.3) is 0 Å². The van der Waals surface area contributed by atoms with Crippen molar-refractivity contribution < 1.29 is 18.3 Å². The number of sulfone groups is 1. The van der Waals surface area contributed by atoms with Gasteiger partial charge in [-0.15, -0.1) is 0 Å². The Hall–Kier alpha value is -2.19. The van der Waals surface area contributed by atoms with Crippen molar-refractivity contribution >= 4 is 21.6 Å². The number of nitrogens with zero attached hydrogens (tertiary/aromatic N) is 2. The van der Waals surface area contributed by atoms with Gasteiger partial charge in [0.15, 0.2) is 15.7 Å². The zero-order valence-electron chi connectivity index (χ0n) is 17.7. The van der Waals surface area contributed by atoms with Gasteiger partial charge in [-0.3, -0.25) is 9.48 Å². The summed E-state index contributed by atoms with van der Waals surface area (Å²) in [6.07, 6.45) is 8.97. The average Bonchev–Trinajstić information content (AvgIpc) is 3.35. The van der Waals surface area contributed by atoms with Crippen molar-refractivity contribution in [1.82, 2.24) is 9.78 Å². The zero-order chi connectivity index (χ0) is 21.7. The number of benzene rings is 1. The molecule has 7 nitrogen and oxygen atoms in total. The van der Waals surface area contributed by atoms with Crippen LogP contribution in [0.4, 0.5) is 5.82 Å². The minimum absolute atomic E-state index is 0.0911. The van der Waals surface area contributed by atoms with Gasteiger partial charge in [0, 0.05) is 31.7 Å². The zero-order valence-corrected chi connectivity index (χ0v) is 18.5. The summed E-state index contributed by atoms with van der Waals surface area (Å²) in [5.74, 6) is 0.500. The lowest BCUT2D eigenvalue weighted by molar-refractivity contribution is -0.118. The maximum absolute atomic E-state index is 13.2. The van der Waals surface area contributed by atoms with Crippen molar-refractivity contribution in [3.63, 3.8) is 0 Å². The molecule has 1 aromatic carbocycles. The molecule has 0 spiro atoms. The average molecular weight is 434 g/mol. The lowest BCUT2D eigenvalue weighted by Gasteiger charge is -2.21. The van der Waals surface area contributed by atoms with E-state index in [1.165, 1.54) is 19.1 Å². The van der Waals surface area contributed by atoms with E-state index in [1.54, 1.807) is 36.0 Å². The molecule has 8 heteroatoms. The Bertz CT molecular complexity index is 978. The second-order valence-electron chi connectivity index (χ2n) is 8.27. The molecule has 30 heavy (non-hydrogen) atoms. The van der Waals surface area contributed by atoms with E-state index in [9.17, 15) is 13.2 Å². The van der Waals surface area contributed by atoms with E-state index in [2.05, 4.69) is 10.4 Å². The third-order valence-electron chi connectivity index (χ3n) is 5.80. The molecule has 0 radical (unpaired) electrons. The normalized spacial score (nSPS) is 16.0. The third kappa shape index (κ3) is 5.70. The van der Waals surface area contributed by atoms with E-state index in [0.717, 1.165) is 24.8 Å². The number of aromatic nitrogens is 2. The molecule has 164 valence electrons. The van der Waals surface area contributed by atoms with Gasteiger partial charge in [0.05, 0.1) is 10.8 Å².